The Bertz CT molecular complexity index is 931. The Hall–Kier alpha value is -3.10. The summed E-state index contributed by atoms with van der Waals surface area (Å²) in [6.45, 7) is 0. The summed E-state index contributed by atoms with van der Waals surface area (Å²) in [5.41, 5.74) is -0.498. The Balaban J connectivity index is 2.05. The molecule has 0 aliphatic rings. The first kappa shape index (κ1) is 15.8. The molecule has 124 valence electrons. The lowest BCUT2D eigenvalue weighted by molar-refractivity contribution is -0.137. The number of hydrogen-bond acceptors (Lipinski definition) is 5. The number of halogens is 3. The summed E-state index contributed by atoms with van der Waals surface area (Å²) in [4.78, 5) is 15.7. The van der Waals surface area contributed by atoms with Crippen LogP contribution in [0.25, 0.3) is 17.3 Å². The third kappa shape index (κ3) is 3.00. The van der Waals surface area contributed by atoms with Crippen molar-refractivity contribution in [1.82, 2.24) is 14.8 Å². The minimum absolute atomic E-state index is 0.0573. The van der Waals surface area contributed by atoms with E-state index in [9.17, 15) is 18.0 Å². The smallest absolute Gasteiger partial charge is 0.443 e. The Morgan fingerprint density at radius 2 is 2.00 bits per heavy atom. The highest BCUT2D eigenvalue weighted by molar-refractivity contribution is 5.55. The largest absolute Gasteiger partial charge is 0.497 e. The van der Waals surface area contributed by atoms with E-state index in [4.69, 9.17) is 9.15 Å². The summed E-state index contributed by atoms with van der Waals surface area (Å²) in [7, 11) is 1.47. The van der Waals surface area contributed by atoms with E-state index in [0.717, 1.165) is 18.3 Å². The molecule has 0 unspecified atom stereocenters. The van der Waals surface area contributed by atoms with E-state index in [1.54, 1.807) is 24.3 Å². The maximum Gasteiger partial charge on any atom is 0.443 e. The van der Waals surface area contributed by atoms with E-state index in [1.807, 2.05) is 0 Å². The van der Waals surface area contributed by atoms with Gasteiger partial charge in [0.05, 0.1) is 12.7 Å². The Morgan fingerprint density at radius 3 is 2.71 bits per heavy atom. The second kappa shape index (κ2) is 5.84. The van der Waals surface area contributed by atoms with Gasteiger partial charge in [-0.25, -0.2) is 9.78 Å². The van der Waals surface area contributed by atoms with Gasteiger partial charge in [0.2, 0.25) is 5.89 Å². The van der Waals surface area contributed by atoms with Crippen molar-refractivity contribution in [1.29, 1.82) is 0 Å². The Labute approximate surface area is 133 Å². The summed E-state index contributed by atoms with van der Waals surface area (Å²) < 4.78 is 49.0. The van der Waals surface area contributed by atoms with Crippen molar-refractivity contribution in [2.24, 2.45) is 0 Å². The molecule has 0 N–H and O–H groups in total. The van der Waals surface area contributed by atoms with Gasteiger partial charge in [-0.3, -0.25) is 0 Å². The molecule has 0 saturated heterocycles. The third-order valence-electron chi connectivity index (χ3n) is 3.15. The molecule has 0 fully saturated rings. The fourth-order valence-electron chi connectivity index (χ4n) is 2.01. The normalized spacial score (nSPS) is 11.5. The minimum Gasteiger partial charge on any atom is -0.497 e. The average Bonchev–Trinajstić information content (AvgIpc) is 2.96. The van der Waals surface area contributed by atoms with Gasteiger partial charge in [-0.15, -0.1) is 9.78 Å². The molecule has 0 saturated carbocycles. The van der Waals surface area contributed by atoms with Gasteiger partial charge in [-0.1, -0.05) is 6.07 Å². The van der Waals surface area contributed by atoms with Crippen LogP contribution in [-0.2, 0) is 6.18 Å². The summed E-state index contributed by atoms with van der Waals surface area (Å²) in [5.74, 6) is -0.771. The zero-order valence-corrected chi connectivity index (χ0v) is 12.2. The molecule has 0 spiro atoms. The van der Waals surface area contributed by atoms with Crippen molar-refractivity contribution in [2.75, 3.05) is 7.11 Å². The van der Waals surface area contributed by atoms with Crippen LogP contribution < -0.4 is 10.5 Å². The highest BCUT2D eigenvalue weighted by Crippen LogP contribution is 2.29. The second-order valence-corrected chi connectivity index (χ2v) is 4.72. The number of rotatable bonds is 3. The number of nitrogens with zero attached hydrogens (tertiary/aromatic N) is 3. The number of pyridine rings is 1. The lowest BCUT2D eigenvalue weighted by Gasteiger charge is -2.06. The number of alkyl halides is 3. The monoisotopic (exact) mass is 337 g/mol. The van der Waals surface area contributed by atoms with Crippen molar-refractivity contribution < 1.29 is 22.3 Å². The molecule has 1 aromatic carbocycles. The third-order valence-corrected chi connectivity index (χ3v) is 3.15. The molecule has 24 heavy (non-hydrogen) atoms. The molecular formula is C15H10F3N3O3. The van der Waals surface area contributed by atoms with Gasteiger partial charge >= 0.3 is 11.9 Å². The van der Waals surface area contributed by atoms with Gasteiger partial charge in [-0.05, 0) is 30.3 Å². The van der Waals surface area contributed by atoms with E-state index in [-0.39, 0.29) is 11.7 Å². The lowest BCUT2D eigenvalue weighted by Crippen LogP contribution is -2.16. The molecular weight excluding hydrogens is 327 g/mol. The highest BCUT2D eigenvalue weighted by atomic mass is 19.4. The maximum absolute atomic E-state index is 12.8. The van der Waals surface area contributed by atoms with Crippen molar-refractivity contribution in [3.05, 3.63) is 58.7 Å². The molecule has 2 aromatic heterocycles. The lowest BCUT2D eigenvalue weighted by atomic mass is 10.2. The number of ether oxygens (including phenoxy) is 1. The van der Waals surface area contributed by atoms with E-state index in [0.29, 0.717) is 16.0 Å². The van der Waals surface area contributed by atoms with Crippen LogP contribution in [0.1, 0.15) is 5.56 Å². The Morgan fingerprint density at radius 1 is 1.21 bits per heavy atom. The number of aromatic nitrogens is 3. The summed E-state index contributed by atoms with van der Waals surface area (Å²) in [6, 6.07) is 8.08. The standard InChI is InChI=1S/C15H10F3N3O3/c1-23-11-4-2-3-9(7-11)13-20-21(14(22)24-13)12-8-10(5-6-19-12)15(16,17)18/h2-8H,1H3. The minimum atomic E-state index is -4.55. The van der Waals surface area contributed by atoms with E-state index in [2.05, 4.69) is 10.1 Å². The zero-order chi connectivity index (χ0) is 17.3. The van der Waals surface area contributed by atoms with E-state index >= 15 is 0 Å². The topological polar surface area (TPSA) is 70.2 Å². The van der Waals surface area contributed by atoms with E-state index in [1.165, 1.54) is 7.11 Å². The summed E-state index contributed by atoms with van der Waals surface area (Å²) in [5, 5.41) is 3.90. The molecule has 0 amide bonds. The van der Waals surface area contributed by atoms with E-state index < -0.39 is 17.5 Å². The first-order valence-corrected chi connectivity index (χ1v) is 6.67. The Kier molecular flexibility index (Phi) is 3.84. The van der Waals surface area contributed by atoms with Crippen molar-refractivity contribution in [2.45, 2.75) is 6.18 Å². The fourth-order valence-corrected chi connectivity index (χ4v) is 2.01. The predicted molar refractivity (Wildman–Crippen MR) is 76.9 cm³/mol. The molecule has 3 rings (SSSR count). The summed E-state index contributed by atoms with van der Waals surface area (Å²) in [6.07, 6.45) is -3.61. The highest BCUT2D eigenvalue weighted by Gasteiger charge is 2.31. The van der Waals surface area contributed by atoms with Crippen molar-refractivity contribution in [3.63, 3.8) is 0 Å². The van der Waals surface area contributed by atoms with Gasteiger partial charge in [0, 0.05) is 11.8 Å². The maximum atomic E-state index is 12.8. The molecule has 3 aromatic rings. The summed E-state index contributed by atoms with van der Waals surface area (Å²) >= 11 is 0. The first-order valence-electron chi connectivity index (χ1n) is 6.67. The molecule has 0 aliphatic heterocycles. The molecule has 0 bridgehead atoms. The average molecular weight is 337 g/mol. The van der Waals surface area contributed by atoms with Crippen LogP contribution in [0.4, 0.5) is 13.2 Å². The van der Waals surface area contributed by atoms with Crippen LogP contribution in [0.2, 0.25) is 0 Å². The quantitative estimate of drug-likeness (QED) is 0.735. The van der Waals surface area contributed by atoms with Crippen molar-refractivity contribution in [3.8, 4) is 23.0 Å². The molecule has 9 heteroatoms. The SMILES string of the molecule is COc1cccc(-c2nn(-c3cc(C(F)(F)F)ccn3)c(=O)o2)c1. The van der Waals surface area contributed by atoms with Gasteiger partial charge in [0.15, 0.2) is 5.82 Å². The van der Waals surface area contributed by atoms with Gasteiger partial charge in [0.1, 0.15) is 5.75 Å². The molecule has 0 radical (unpaired) electrons. The number of benzene rings is 1. The number of methoxy groups -OCH3 is 1. The van der Waals surface area contributed by atoms with Gasteiger partial charge in [-0.2, -0.15) is 13.2 Å². The number of hydrogen-bond donors (Lipinski definition) is 0. The van der Waals surface area contributed by atoms with Crippen LogP contribution in [-0.4, -0.2) is 21.9 Å². The van der Waals surface area contributed by atoms with Crippen LogP contribution >= 0.6 is 0 Å². The molecule has 2 heterocycles. The molecule has 0 aliphatic carbocycles. The predicted octanol–water partition coefficient (Wildman–Crippen LogP) is 2.91. The van der Waals surface area contributed by atoms with Crippen LogP contribution in [0.15, 0.2) is 51.8 Å². The fraction of sp³-hybridized carbons (Fsp3) is 0.133. The zero-order valence-electron chi connectivity index (χ0n) is 12.2. The first-order chi connectivity index (χ1) is 11.4. The van der Waals surface area contributed by atoms with Crippen molar-refractivity contribution >= 4 is 0 Å². The molecule has 6 nitrogen and oxygen atoms in total. The van der Waals surface area contributed by atoms with Gasteiger partial charge < -0.3 is 9.15 Å². The second-order valence-electron chi connectivity index (χ2n) is 4.72. The molecule has 0 atom stereocenters. The van der Waals surface area contributed by atoms with Crippen LogP contribution in [0, 0.1) is 0 Å². The van der Waals surface area contributed by atoms with Crippen LogP contribution in [0.5, 0.6) is 5.75 Å². The van der Waals surface area contributed by atoms with Gasteiger partial charge in [0.25, 0.3) is 0 Å². The van der Waals surface area contributed by atoms with Crippen LogP contribution in [0.3, 0.4) is 0 Å².